The normalized spacial score (nSPS) is 14.5. The van der Waals surface area contributed by atoms with Gasteiger partial charge in [0.05, 0.1) is 29.9 Å². The van der Waals surface area contributed by atoms with Crippen LogP contribution < -0.4 is 0 Å². The molecule has 1 amide bonds. The topological polar surface area (TPSA) is 88.9 Å². The molecule has 28 heavy (non-hydrogen) atoms. The lowest BCUT2D eigenvalue weighted by Gasteiger charge is -2.26. The molecule has 1 aliphatic rings. The fourth-order valence-corrected chi connectivity index (χ4v) is 3.38. The van der Waals surface area contributed by atoms with Gasteiger partial charge < -0.3 is 14.6 Å². The maximum Gasteiger partial charge on any atom is 0.254 e. The number of ether oxygens (including phenoxy) is 1. The number of fused-ring (bicyclic) bond motifs is 1. The number of morpholine rings is 1. The van der Waals surface area contributed by atoms with Gasteiger partial charge in [0.2, 0.25) is 5.95 Å². The monoisotopic (exact) mass is 374 g/mol. The molecular formula is C20H18N6O2. The zero-order valence-corrected chi connectivity index (χ0v) is 15.1. The maximum absolute atomic E-state index is 12.7. The number of nitrogens with zero attached hydrogens (tertiary/aromatic N) is 5. The second-order valence-corrected chi connectivity index (χ2v) is 6.53. The van der Waals surface area contributed by atoms with Crippen LogP contribution in [0.25, 0.3) is 28.5 Å². The van der Waals surface area contributed by atoms with Crippen molar-refractivity contribution in [3.63, 3.8) is 0 Å². The Labute approximate surface area is 160 Å². The number of H-pyrrole nitrogens is 1. The summed E-state index contributed by atoms with van der Waals surface area (Å²) in [5.41, 5.74) is 3.11. The highest BCUT2D eigenvalue weighted by molar-refractivity contribution is 5.97. The second-order valence-electron chi connectivity index (χ2n) is 6.53. The van der Waals surface area contributed by atoms with Crippen LogP contribution in [0.1, 0.15) is 10.4 Å². The van der Waals surface area contributed by atoms with E-state index in [9.17, 15) is 4.79 Å². The largest absolute Gasteiger partial charge is 0.378 e. The Bertz CT molecular complexity index is 1130. The van der Waals surface area contributed by atoms with Crippen LogP contribution in [0.3, 0.4) is 0 Å². The van der Waals surface area contributed by atoms with Crippen molar-refractivity contribution in [1.82, 2.24) is 29.4 Å². The Morgan fingerprint density at radius 3 is 2.71 bits per heavy atom. The number of amides is 1. The molecule has 0 bridgehead atoms. The number of rotatable bonds is 3. The van der Waals surface area contributed by atoms with Crippen LogP contribution >= 0.6 is 0 Å². The third-order valence-electron chi connectivity index (χ3n) is 4.79. The first-order valence-corrected chi connectivity index (χ1v) is 9.11. The van der Waals surface area contributed by atoms with Gasteiger partial charge in [-0.05, 0) is 36.4 Å². The summed E-state index contributed by atoms with van der Waals surface area (Å²) >= 11 is 0. The molecule has 3 aromatic heterocycles. The molecule has 0 spiro atoms. The molecular weight excluding hydrogens is 356 g/mol. The molecule has 4 heterocycles. The molecule has 1 saturated heterocycles. The molecule has 1 aliphatic heterocycles. The standard InChI is InChI=1S/C20H18N6O2/c27-19(25-9-11-28-12-10-25)14-4-5-15-16(13-14)24-18(23-15)17-3-1-8-26(17)20-21-6-2-7-22-20/h1-8,13H,9-12H2,(H,23,24). The van der Waals surface area contributed by atoms with Crippen molar-refractivity contribution in [3.05, 3.63) is 60.6 Å². The fraction of sp³-hybridized carbons (Fsp3) is 0.200. The molecule has 1 aromatic carbocycles. The highest BCUT2D eigenvalue weighted by Gasteiger charge is 2.19. The van der Waals surface area contributed by atoms with E-state index in [0.717, 1.165) is 16.7 Å². The van der Waals surface area contributed by atoms with Gasteiger partial charge in [-0.3, -0.25) is 9.36 Å². The van der Waals surface area contributed by atoms with E-state index in [0.29, 0.717) is 43.6 Å². The van der Waals surface area contributed by atoms with Crippen molar-refractivity contribution >= 4 is 16.9 Å². The summed E-state index contributed by atoms with van der Waals surface area (Å²) in [5.74, 6) is 1.29. The Morgan fingerprint density at radius 2 is 1.89 bits per heavy atom. The van der Waals surface area contributed by atoms with E-state index in [2.05, 4.69) is 19.9 Å². The summed E-state index contributed by atoms with van der Waals surface area (Å²) in [7, 11) is 0. The first-order chi connectivity index (χ1) is 13.8. The minimum Gasteiger partial charge on any atom is -0.378 e. The van der Waals surface area contributed by atoms with Gasteiger partial charge in [-0.1, -0.05) is 0 Å². The highest BCUT2D eigenvalue weighted by atomic mass is 16.5. The third kappa shape index (κ3) is 2.93. The van der Waals surface area contributed by atoms with Gasteiger partial charge in [-0.2, -0.15) is 0 Å². The van der Waals surface area contributed by atoms with Crippen molar-refractivity contribution in [3.8, 4) is 17.5 Å². The molecule has 4 aromatic rings. The first kappa shape index (κ1) is 16.6. The van der Waals surface area contributed by atoms with Gasteiger partial charge in [0.15, 0.2) is 5.82 Å². The van der Waals surface area contributed by atoms with E-state index < -0.39 is 0 Å². The SMILES string of the molecule is O=C(c1ccc2nc(-c3cccn3-c3ncccn3)[nH]c2c1)N1CCOCC1. The Kier molecular flexibility index (Phi) is 4.10. The molecule has 0 aliphatic carbocycles. The van der Waals surface area contributed by atoms with Gasteiger partial charge in [-0.25, -0.2) is 15.0 Å². The van der Waals surface area contributed by atoms with Crippen molar-refractivity contribution < 1.29 is 9.53 Å². The molecule has 1 N–H and O–H groups in total. The summed E-state index contributed by atoms with van der Waals surface area (Å²) in [5, 5.41) is 0. The van der Waals surface area contributed by atoms with E-state index in [1.54, 1.807) is 18.5 Å². The molecule has 0 radical (unpaired) electrons. The molecule has 140 valence electrons. The van der Waals surface area contributed by atoms with Crippen molar-refractivity contribution in [2.75, 3.05) is 26.3 Å². The molecule has 0 unspecified atom stereocenters. The zero-order chi connectivity index (χ0) is 18.9. The maximum atomic E-state index is 12.7. The molecule has 5 rings (SSSR count). The molecule has 1 fully saturated rings. The van der Waals surface area contributed by atoms with Gasteiger partial charge in [-0.15, -0.1) is 0 Å². The number of aromatic amines is 1. The summed E-state index contributed by atoms with van der Waals surface area (Å²) in [6, 6.07) is 11.2. The number of nitrogens with one attached hydrogen (secondary N) is 1. The van der Waals surface area contributed by atoms with E-state index in [1.807, 2.05) is 46.0 Å². The van der Waals surface area contributed by atoms with E-state index >= 15 is 0 Å². The average Bonchev–Trinajstić information content (AvgIpc) is 3.40. The number of carbonyl (C=O) groups is 1. The Morgan fingerprint density at radius 1 is 1.07 bits per heavy atom. The predicted molar refractivity (Wildman–Crippen MR) is 103 cm³/mol. The quantitative estimate of drug-likeness (QED) is 0.594. The van der Waals surface area contributed by atoms with Crippen LogP contribution in [0.2, 0.25) is 0 Å². The zero-order valence-electron chi connectivity index (χ0n) is 15.1. The molecule has 8 heteroatoms. The van der Waals surface area contributed by atoms with Crippen LogP contribution in [0, 0.1) is 0 Å². The molecule has 8 nitrogen and oxygen atoms in total. The summed E-state index contributed by atoms with van der Waals surface area (Å²) in [6.07, 6.45) is 5.30. The molecule has 0 saturated carbocycles. The van der Waals surface area contributed by atoms with Crippen LogP contribution in [0.4, 0.5) is 0 Å². The van der Waals surface area contributed by atoms with Crippen molar-refractivity contribution in [1.29, 1.82) is 0 Å². The lowest BCUT2D eigenvalue weighted by molar-refractivity contribution is 0.0303. The van der Waals surface area contributed by atoms with Crippen LogP contribution in [-0.2, 0) is 4.74 Å². The minimum atomic E-state index is 0.0161. The lowest BCUT2D eigenvalue weighted by atomic mass is 10.1. The third-order valence-corrected chi connectivity index (χ3v) is 4.79. The van der Waals surface area contributed by atoms with Gasteiger partial charge in [0.25, 0.3) is 5.91 Å². The van der Waals surface area contributed by atoms with Crippen LogP contribution in [0.15, 0.2) is 55.0 Å². The second kappa shape index (κ2) is 6.90. The van der Waals surface area contributed by atoms with E-state index in [1.165, 1.54) is 0 Å². The lowest BCUT2D eigenvalue weighted by Crippen LogP contribution is -2.40. The number of aromatic nitrogens is 5. The van der Waals surface area contributed by atoms with Crippen LogP contribution in [-0.4, -0.2) is 61.6 Å². The highest BCUT2D eigenvalue weighted by Crippen LogP contribution is 2.24. The van der Waals surface area contributed by atoms with E-state index in [4.69, 9.17) is 4.74 Å². The van der Waals surface area contributed by atoms with Crippen molar-refractivity contribution in [2.45, 2.75) is 0 Å². The average molecular weight is 374 g/mol. The Hall–Kier alpha value is -3.52. The summed E-state index contributed by atoms with van der Waals surface area (Å²) < 4.78 is 7.20. The number of imidazole rings is 1. The minimum absolute atomic E-state index is 0.0161. The predicted octanol–water partition coefficient (Wildman–Crippen LogP) is 2.28. The van der Waals surface area contributed by atoms with E-state index in [-0.39, 0.29) is 5.91 Å². The number of carbonyl (C=O) groups excluding carboxylic acids is 1. The number of benzene rings is 1. The van der Waals surface area contributed by atoms with Gasteiger partial charge in [0, 0.05) is 37.2 Å². The summed E-state index contributed by atoms with van der Waals surface area (Å²) in [6.45, 7) is 2.41. The van der Waals surface area contributed by atoms with Crippen LogP contribution in [0.5, 0.6) is 0 Å². The first-order valence-electron chi connectivity index (χ1n) is 9.11. The fourth-order valence-electron chi connectivity index (χ4n) is 3.38. The summed E-state index contributed by atoms with van der Waals surface area (Å²) in [4.78, 5) is 31.2. The van der Waals surface area contributed by atoms with Gasteiger partial charge in [0.1, 0.15) is 0 Å². The Balaban J connectivity index is 1.50. The number of hydrogen-bond acceptors (Lipinski definition) is 5. The van der Waals surface area contributed by atoms with Gasteiger partial charge >= 0.3 is 0 Å². The van der Waals surface area contributed by atoms with Crippen molar-refractivity contribution in [2.24, 2.45) is 0 Å². The molecule has 0 atom stereocenters. The smallest absolute Gasteiger partial charge is 0.254 e. The number of hydrogen-bond donors (Lipinski definition) is 1.